The van der Waals surface area contributed by atoms with Crippen molar-refractivity contribution in [1.82, 2.24) is 30.2 Å². The van der Waals surface area contributed by atoms with Crippen molar-refractivity contribution in [3.8, 4) is 33.9 Å². The zero-order valence-electron chi connectivity index (χ0n) is 45.6. The highest BCUT2D eigenvalue weighted by atomic mass is 79.9. The molecule has 0 saturated heterocycles. The Morgan fingerprint density at radius 2 is 0.807 bits per heavy atom. The molecule has 0 unspecified atom stereocenters. The molecule has 6 aromatic carbocycles. The summed E-state index contributed by atoms with van der Waals surface area (Å²) in [5.41, 5.74) is 7.42. The lowest BCUT2D eigenvalue weighted by Crippen LogP contribution is -2.54. The third-order valence-electron chi connectivity index (χ3n) is 12.6. The van der Waals surface area contributed by atoms with E-state index >= 15 is 0 Å². The van der Waals surface area contributed by atoms with Gasteiger partial charge in [-0.05, 0) is 154 Å². The number of hydrogen-bond donors (Lipinski definition) is 6. The zero-order valence-corrected chi connectivity index (χ0v) is 50.4. The molecule has 8 rings (SSSR count). The molecule has 0 spiro atoms. The number of primary sulfonamides is 2. The van der Waals surface area contributed by atoms with Crippen LogP contribution in [0.5, 0.6) is 0 Å². The van der Waals surface area contributed by atoms with E-state index in [1.165, 1.54) is 24.3 Å². The van der Waals surface area contributed by atoms with E-state index in [4.69, 9.17) is 29.9 Å². The maximum Gasteiger partial charge on any atom is 0.250 e. The first-order valence-corrected chi connectivity index (χ1v) is 30.4. The number of hydrogen-bond acceptors (Lipinski definition) is 12. The summed E-state index contributed by atoms with van der Waals surface area (Å²) < 4.78 is 63.7. The van der Waals surface area contributed by atoms with Gasteiger partial charge in [-0.2, -0.15) is 10.2 Å². The molecule has 2 aromatic heterocycles. The van der Waals surface area contributed by atoms with E-state index in [2.05, 4.69) is 53.1 Å². The Morgan fingerprint density at radius 1 is 0.482 bits per heavy atom. The number of carbonyl (C=O) groups is 4. The van der Waals surface area contributed by atoms with Gasteiger partial charge in [0.15, 0.2) is 0 Å². The van der Waals surface area contributed by atoms with E-state index in [9.17, 15) is 36.0 Å². The first-order valence-electron chi connectivity index (χ1n) is 25.8. The molecule has 8 N–H and O–H groups in total. The molecule has 432 valence electrons. The summed E-state index contributed by atoms with van der Waals surface area (Å²) in [7, 11) is -7.74. The largest absolute Gasteiger partial charge is 0.362 e. The predicted molar refractivity (Wildman–Crippen MR) is 323 cm³/mol. The summed E-state index contributed by atoms with van der Waals surface area (Å²) in [6, 6.07) is 46.2. The maximum absolute atomic E-state index is 12.9. The maximum atomic E-state index is 12.9. The Labute approximate surface area is 497 Å². The third-order valence-corrected chi connectivity index (χ3v) is 15.6. The topological polar surface area (TPSA) is 291 Å². The number of anilines is 2. The van der Waals surface area contributed by atoms with Crippen LogP contribution in [-0.4, -0.2) is 97.5 Å². The minimum Gasteiger partial charge on any atom is -0.362 e. The van der Waals surface area contributed by atoms with Crippen LogP contribution in [0.15, 0.2) is 176 Å². The highest BCUT2D eigenvalue weighted by Gasteiger charge is 2.31. The second kappa shape index (κ2) is 26.3. The molecule has 0 saturated carbocycles. The lowest BCUT2D eigenvalue weighted by molar-refractivity contribution is -0.130. The number of carbonyl (C=O) groups excluding carboxylic acids is 4. The van der Waals surface area contributed by atoms with Gasteiger partial charge in [0, 0.05) is 55.4 Å². The number of aromatic nitrogens is 4. The molecule has 20 nitrogen and oxygen atoms in total. The van der Waals surface area contributed by atoms with Gasteiger partial charge in [0.25, 0.3) is 0 Å². The van der Waals surface area contributed by atoms with Gasteiger partial charge in [-0.15, -0.1) is 0 Å². The summed E-state index contributed by atoms with van der Waals surface area (Å²) in [5.74, 6) is -1.84. The molecule has 0 aliphatic heterocycles. The normalized spacial score (nSPS) is 12.0. The van der Waals surface area contributed by atoms with Crippen molar-refractivity contribution in [3.63, 3.8) is 0 Å². The molecule has 24 heteroatoms. The van der Waals surface area contributed by atoms with Gasteiger partial charge >= 0.3 is 0 Å². The standard InChI is InChI=1S/C59H60Br2N10O10S2/c1-58(2,66-56(74)35-80-33-54(72)64-44-17-5-38(6-18-44)29-46-31-52(40-9-13-42(60)14-10-40)70(68-46)48-21-25-50(26-22-48)82(62,76)77)37-59(3,4)67-57(75)36-81-34-55(73)65-45-19-7-39(8-20-45)30-47-32-53(41-11-15-43(61)16-12-41)71(69-47)49-23-27-51(28-24-49)83(63,78)79/h5-28,31-32H,29-30,33-37H2,1-4H3,(H,64,72)(H,65,73)(H,66,74)(H,67,75)(H2,62,76,77)(H2,63,78,79). The molecule has 0 bridgehead atoms. The summed E-state index contributed by atoms with van der Waals surface area (Å²) in [6.07, 6.45) is 1.22. The van der Waals surface area contributed by atoms with E-state index < -0.39 is 54.8 Å². The van der Waals surface area contributed by atoms with Crippen molar-refractivity contribution >= 4 is 86.9 Å². The zero-order chi connectivity index (χ0) is 59.7. The fourth-order valence-corrected chi connectivity index (χ4v) is 10.9. The molecule has 2 heterocycles. The monoisotopic (exact) mass is 1290 g/mol. The van der Waals surface area contributed by atoms with Gasteiger partial charge in [-0.25, -0.2) is 36.5 Å². The molecular weight excluding hydrogens is 1230 g/mol. The van der Waals surface area contributed by atoms with E-state index in [1.54, 1.807) is 85.6 Å². The second-order valence-corrected chi connectivity index (χ2v) is 25.8. The van der Waals surface area contributed by atoms with Crippen molar-refractivity contribution in [2.45, 2.75) is 67.8 Å². The summed E-state index contributed by atoms with van der Waals surface area (Å²) in [4.78, 5) is 51.5. The summed E-state index contributed by atoms with van der Waals surface area (Å²) in [6.45, 7) is 5.65. The fraction of sp³-hybridized carbons (Fsp3) is 0.220. The van der Waals surface area contributed by atoms with Crippen LogP contribution in [0, 0.1) is 0 Å². The van der Waals surface area contributed by atoms with E-state index in [0.717, 1.165) is 54.0 Å². The molecular formula is C59H60Br2N10O10S2. The number of nitrogens with two attached hydrogens (primary N) is 2. The van der Waals surface area contributed by atoms with Crippen molar-refractivity contribution in [2.24, 2.45) is 10.3 Å². The lowest BCUT2D eigenvalue weighted by Gasteiger charge is -2.36. The first kappa shape index (κ1) is 61.4. The molecule has 83 heavy (non-hydrogen) atoms. The van der Waals surface area contributed by atoms with Crippen LogP contribution in [0.1, 0.15) is 56.6 Å². The molecule has 0 atom stereocenters. The van der Waals surface area contributed by atoms with Crippen LogP contribution < -0.4 is 31.5 Å². The number of amides is 4. The molecule has 8 aromatic rings. The van der Waals surface area contributed by atoms with Gasteiger partial charge in [0.2, 0.25) is 43.7 Å². The quantitative estimate of drug-likeness (QED) is 0.0334. The van der Waals surface area contributed by atoms with Gasteiger partial charge in [0.05, 0.1) is 43.9 Å². The molecule has 0 aliphatic rings. The number of rotatable bonds is 24. The van der Waals surface area contributed by atoms with E-state index in [-0.39, 0.29) is 36.2 Å². The van der Waals surface area contributed by atoms with E-state index in [1.807, 2.05) is 84.9 Å². The number of benzene rings is 6. The minimum atomic E-state index is -3.87. The summed E-state index contributed by atoms with van der Waals surface area (Å²) >= 11 is 6.95. The van der Waals surface area contributed by atoms with Crippen LogP contribution in [0.2, 0.25) is 0 Å². The van der Waals surface area contributed by atoms with Crippen molar-refractivity contribution in [2.75, 3.05) is 37.1 Å². The van der Waals surface area contributed by atoms with Gasteiger partial charge < -0.3 is 30.7 Å². The Kier molecular flexibility index (Phi) is 19.4. The predicted octanol–water partition coefficient (Wildman–Crippen LogP) is 8.18. The van der Waals surface area contributed by atoms with Crippen LogP contribution in [0.4, 0.5) is 11.4 Å². The highest BCUT2D eigenvalue weighted by Crippen LogP contribution is 2.30. The van der Waals surface area contributed by atoms with Gasteiger partial charge in [-0.1, -0.05) is 80.4 Å². The van der Waals surface area contributed by atoms with Crippen molar-refractivity contribution < 1.29 is 45.5 Å². The Balaban J connectivity index is 0.738. The number of sulfonamides is 2. The number of ether oxygens (including phenoxy) is 2. The SMILES string of the molecule is CC(C)(CC(C)(C)NC(=O)COCC(=O)Nc1ccc(Cc2cc(-c3ccc(Br)cc3)n(-c3ccc(S(N)(=O)=O)cc3)n2)cc1)NC(=O)COCC(=O)Nc1ccc(Cc2cc(-c3ccc(Br)cc3)n(-c3ccc(S(N)(=O)=O)cc3)n2)cc1. The van der Waals surface area contributed by atoms with Gasteiger partial charge in [-0.3, -0.25) is 19.2 Å². The van der Waals surface area contributed by atoms with Crippen LogP contribution in [-0.2, 0) is 61.5 Å². The van der Waals surface area contributed by atoms with Gasteiger partial charge in [0.1, 0.15) is 26.4 Å². The smallest absolute Gasteiger partial charge is 0.250 e. The molecule has 4 amide bonds. The number of halogens is 2. The Hall–Kier alpha value is -7.68. The van der Waals surface area contributed by atoms with Crippen molar-refractivity contribution in [3.05, 3.63) is 189 Å². The van der Waals surface area contributed by atoms with Crippen LogP contribution in [0.3, 0.4) is 0 Å². The lowest BCUT2D eigenvalue weighted by atomic mass is 9.86. The highest BCUT2D eigenvalue weighted by molar-refractivity contribution is 9.10. The second-order valence-electron chi connectivity index (χ2n) is 20.8. The number of nitrogens with zero attached hydrogens (tertiary/aromatic N) is 4. The van der Waals surface area contributed by atoms with Crippen LogP contribution >= 0.6 is 31.9 Å². The van der Waals surface area contributed by atoms with Crippen LogP contribution in [0.25, 0.3) is 33.9 Å². The van der Waals surface area contributed by atoms with E-state index in [0.29, 0.717) is 42.0 Å². The Bertz CT molecular complexity index is 3600. The average molecular weight is 1290 g/mol. The average Bonchev–Trinajstić information content (AvgIpc) is 3.64. The molecule has 0 radical (unpaired) electrons. The summed E-state index contributed by atoms with van der Waals surface area (Å²) in [5, 5.41) is 31.7. The number of nitrogens with one attached hydrogen (secondary N) is 4. The fourth-order valence-electron chi connectivity index (χ4n) is 9.35. The Morgan fingerprint density at radius 3 is 1.13 bits per heavy atom. The third kappa shape index (κ3) is 17.7. The van der Waals surface area contributed by atoms with Crippen molar-refractivity contribution in [1.29, 1.82) is 0 Å². The molecule has 0 aliphatic carbocycles. The molecule has 0 fully saturated rings. The minimum absolute atomic E-state index is 0.00873. The first-order chi connectivity index (χ1) is 39.2.